The third-order valence-electron chi connectivity index (χ3n) is 3.67. The van der Waals surface area contributed by atoms with Gasteiger partial charge in [0.1, 0.15) is 5.82 Å². The number of aromatic nitrogens is 4. The van der Waals surface area contributed by atoms with E-state index in [9.17, 15) is 4.79 Å². The van der Waals surface area contributed by atoms with E-state index in [0.717, 1.165) is 18.8 Å². The van der Waals surface area contributed by atoms with E-state index in [0.29, 0.717) is 0 Å². The lowest BCUT2D eigenvalue weighted by Gasteiger charge is -2.21. The topological polar surface area (TPSA) is 76.8 Å². The predicted molar refractivity (Wildman–Crippen MR) is 85.6 cm³/mol. The van der Waals surface area contributed by atoms with E-state index in [1.54, 1.807) is 17.1 Å². The Morgan fingerprint density at radius 1 is 1.32 bits per heavy atom. The van der Waals surface area contributed by atoms with Gasteiger partial charge in [0.25, 0.3) is 0 Å². The van der Waals surface area contributed by atoms with Gasteiger partial charge in [0, 0.05) is 31.0 Å². The summed E-state index contributed by atoms with van der Waals surface area (Å²) in [5, 5.41) is 14.5. The van der Waals surface area contributed by atoms with Crippen LogP contribution < -0.4 is 10.6 Å². The van der Waals surface area contributed by atoms with Crippen molar-refractivity contribution < 1.29 is 4.79 Å². The molecule has 7 nitrogen and oxygen atoms in total. The van der Waals surface area contributed by atoms with Gasteiger partial charge in [-0.1, -0.05) is 6.92 Å². The first-order chi connectivity index (χ1) is 10.6. The van der Waals surface area contributed by atoms with Crippen LogP contribution >= 0.6 is 0 Å². The van der Waals surface area contributed by atoms with Gasteiger partial charge >= 0.3 is 0 Å². The Bertz CT molecular complexity index is 577. The SMILES string of the molecule is CCCn1nccc1NC(=O)CN[C@@H](C)[C@H](C)n1cccn1. The largest absolute Gasteiger partial charge is 0.310 e. The van der Waals surface area contributed by atoms with E-state index in [4.69, 9.17) is 0 Å². The molecule has 0 aliphatic carbocycles. The molecule has 1 amide bonds. The van der Waals surface area contributed by atoms with E-state index in [1.165, 1.54) is 0 Å². The smallest absolute Gasteiger partial charge is 0.239 e. The van der Waals surface area contributed by atoms with E-state index in [-0.39, 0.29) is 24.5 Å². The fraction of sp³-hybridized carbons (Fsp3) is 0.533. The fourth-order valence-corrected chi connectivity index (χ4v) is 2.19. The molecule has 0 fully saturated rings. The Hall–Kier alpha value is -2.15. The molecular formula is C15H24N6O. The van der Waals surface area contributed by atoms with Crippen molar-refractivity contribution in [3.63, 3.8) is 0 Å². The Kier molecular flexibility index (Phi) is 5.71. The van der Waals surface area contributed by atoms with Crippen LogP contribution in [-0.4, -0.2) is 38.1 Å². The Morgan fingerprint density at radius 2 is 2.14 bits per heavy atom. The minimum Gasteiger partial charge on any atom is -0.310 e. The molecule has 0 aromatic carbocycles. The summed E-state index contributed by atoms with van der Waals surface area (Å²) in [6.07, 6.45) is 6.35. The molecule has 0 unspecified atom stereocenters. The van der Waals surface area contributed by atoms with Crippen LogP contribution in [0, 0.1) is 0 Å². The molecule has 2 heterocycles. The van der Waals surface area contributed by atoms with Crippen LogP contribution in [0.15, 0.2) is 30.7 Å². The molecule has 2 rings (SSSR count). The molecule has 22 heavy (non-hydrogen) atoms. The summed E-state index contributed by atoms with van der Waals surface area (Å²) in [5.74, 6) is 0.666. The lowest BCUT2D eigenvalue weighted by atomic mass is 10.2. The van der Waals surface area contributed by atoms with Crippen LogP contribution in [0.5, 0.6) is 0 Å². The summed E-state index contributed by atoms with van der Waals surface area (Å²) in [4.78, 5) is 12.0. The zero-order chi connectivity index (χ0) is 15.9. The fourth-order valence-electron chi connectivity index (χ4n) is 2.19. The van der Waals surface area contributed by atoms with Crippen LogP contribution in [0.25, 0.3) is 0 Å². The number of nitrogens with zero attached hydrogens (tertiary/aromatic N) is 4. The number of anilines is 1. The minimum absolute atomic E-state index is 0.0719. The molecule has 0 aliphatic rings. The van der Waals surface area contributed by atoms with E-state index < -0.39 is 0 Å². The Labute approximate surface area is 130 Å². The average molecular weight is 304 g/mol. The van der Waals surface area contributed by atoms with Crippen LogP contribution in [0.1, 0.15) is 33.2 Å². The van der Waals surface area contributed by atoms with Crippen LogP contribution in [0.4, 0.5) is 5.82 Å². The summed E-state index contributed by atoms with van der Waals surface area (Å²) in [6, 6.07) is 4.01. The molecule has 2 aromatic heterocycles. The first-order valence-corrected chi connectivity index (χ1v) is 7.66. The number of hydrogen-bond acceptors (Lipinski definition) is 4. The van der Waals surface area contributed by atoms with Gasteiger partial charge in [-0.25, -0.2) is 4.68 Å². The maximum Gasteiger partial charge on any atom is 0.239 e. The second-order valence-electron chi connectivity index (χ2n) is 5.38. The summed E-state index contributed by atoms with van der Waals surface area (Å²) >= 11 is 0. The van der Waals surface area contributed by atoms with Crippen molar-refractivity contribution in [2.75, 3.05) is 11.9 Å². The van der Waals surface area contributed by atoms with E-state index >= 15 is 0 Å². The molecule has 2 atom stereocenters. The normalized spacial score (nSPS) is 13.8. The van der Waals surface area contributed by atoms with Gasteiger partial charge in [0.2, 0.25) is 5.91 Å². The minimum atomic E-state index is -0.0719. The van der Waals surface area contributed by atoms with Crippen molar-refractivity contribution >= 4 is 11.7 Å². The van der Waals surface area contributed by atoms with Gasteiger partial charge in [-0.05, 0) is 26.3 Å². The summed E-state index contributed by atoms with van der Waals surface area (Å²) in [5.41, 5.74) is 0. The van der Waals surface area contributed by atoms with Crippen molar-refractivity contribution in [3.8, 4) is 0 Å². The maximum atomic E-state index is 12.0. The molecular weight excluding hydrogens is 280 g/mol. The molecule has 0 saturated carbocycles. The number of hydrogen-bond donors (Lipinski definition) is 2. The van der Waals surface area contributed by atoms with Crippen molar-refractivity contribution in [2.24, 2.45) is 0 Å². The van der Waals surface area contributed by atoms with Crippen LogP contribution in [-0.2, 0) is 11.3 Å². The number of amides is 1. The molecule has 0 spiro atoms. The van der Waals surface area contributed by atoms with Gasteiger partial charge in [0.15, 0.2) is 0 Å². The van der Waals surface area contributed by atoms with Gasteiger partial charge < -0.3 is 10.6 Å². The van der Waals surface area contributed by atoms with E-state index in [1.807, 2.05) is 29.9 Å². The summed E-state index contributed by atoms with van der Waals surface area (Å²) in [6.45, 7) is 7.24. The highest BCUT2D eigenvalue weighted by molar-refractivity contribution is 5.91. The highest BCUT2D eigenvalue weighted by Gasteiger charge is 2.15. The average Bonchev–Trinajstić information content (AvgIpc) is 3.17. The number of carbonyl (C=O) groups excluding carboxylic acids is 1. The monoisotopic (exact) mass is 304 g/mol. The lowest BCUT2D eigenvalue weighted by Crippen LogP contribution is -2.39. The van der Waals surface area contributed by atoms with Crippen molar-refractivity contribution in [2.45, 2.75) is 45.8 Å². The number of rotatable bonds is 8. The van der Waals surface area contributed by atoms with Gasteiger partial charge in [0.05, 0.1) is 18.8 Å². The Morgan fingerprint density at radius 3 is 2.82 bits per heavy atom. The molecule has 120 valence electrons. The second kappa shape index (κ2) is 7.74. The molecule has 7 heteroatoms. The van der Waals surface area contributed by atoms with Crippen molar-refractivity contribution in [3.05, 3.63) is 30.7 Å². The van der Waals surface area contributed by atoms with Gasteiger partial charge in [-0.15, -0.1) is 0 Å². The zero-order valence-corrected chi connectivity index (χ0v) is 13.4. The molecule has 0 radical (unpaired) electrons. The molecule has 0 aliphatic heterocycles. The second-order valence-corrected chi connectivity index (χ2v) is 5.38. The first-order valence-electron chi connectivity index (χ1n) is 7.66. The number of carbonyl (C=O) groups is 1. The number of nitrogens with one attached hydrogen (secondary N) is 2. The maximum absolute atomic E-state index is 12.0. The van der Waals surface area contributed by atoms with Crippen LogP contribution in [0.2, 0.25) is 0 Å². The molecule has 0 saturated heterocycles. The van der Waals surface area contributed by atoms with Gasteiger partial charge in [-0.3, -0.25) is 9.48 Å². The molecule has 2 N–H and O–H groups in total. The molecule has 0 bridgehead atoms. The zero-order valence-electron chi connectivity index (χ0n) is 13.4. The van der Waals surface area contributed by atoms with Crippen molar-refractivity contribution in [1.29, 1.82) is 0 Å². The predicted octanol–water partition coefficient (Wildman–Crippen LogP) is 1.67. The highest BCUT2D eigenvalue weighted by Crippen LogP contribution is 2.09. The highest BCUT2D eigenvalue weighted by atomic mass is 16.2. The third kappa shape index (κ3) is 4.17. The van der Waals surface area contributed by atoms with Crippen LogP contribution in [0.3, 0.4) is 0 Å². The van der Waals surface area contributed by atoms with Gasteiger partial charge in [-0.2, -0.15) is 10.2 Å². The third-order valence-corrected chi connectivity index (χ3v) is 3.67. The van der Waals surface area contributed by atoms with Crippen molar-refractivity contribution in [1.82, 2.24) is 24.9 Å². The molecule has 2 aromatic rings. The first kappa shape index (κ1) is 16.2. The van der Waals surface area contributed by atoms with E-state index in [2.05, 4.69) is 34.7 Å². The standard InChI is InChI=1S/C15H24N6O/c1-4-9-21-14(6-8-18-21)19-15(22)11-16-12(2)13(3)20-10-5-7-17-20/h5-8,10,12-13,16H,4,9,11H2,1-3H3,(H,19,22)/t12-,13-/m0/s1. The summed E-state index contributed by atoms with van der Waals surface area (Å²) in [7, 11) is 0. The quantitative estimate of drug-likeness (QED) is 0.778. The number of aryl methyl sites for hydroxylation is 1. The Balaban J connectivity index is 1.81. The summed E-state index contributed by atoms with van der Waals surface area (Å²) < 4.78 is 3.68. The lowest BCUT2D eigenvalue weighted by molar-refractivity contribution is -0.115.